The van der Waals surface area contributed by atoms with Gasteiger partial charge in [-0.05, 0) is 41.8 Å². The molecule has 0 saturated carbocycles. The van der Waals surface area contributed by atoms with Crippen LogP contribution < -0.4 is 11.1 Å². The van der Waals surface area contributed by atoms with Crippen molar-refractivity contribution < 1.29 is 22.8 Å². The molecule has 0 unspecified atom stereocenters. The minimum Gasteiger partial charge on any atom is -0.365 e. The fraction of sp³-hybridized carbons (Fsp3) is 0.0455. The summed E-state index contributed by atoms with van der Waals surface area (Å²) in [4.78, 5) is 24.2. The summed E-state index contributed by atoms with van der Waals surface area (Å²) < 4.78 is 41.2. The third-order valence-corrected chi connectivity index (χ3v) is 5.91. The first-order valence-corrected chi connectivity index (χ1v) is 10.6. The summed E-state index contributed by atoms with van der Waals surface area (Å²) >= 11 is 7.28. The summed E-state index contributed by atoms with van der Waals surface area (Å²) in [6.45, 7) is 0. The van der Waals surface area contributed by atoms with E-state index in [1.807, 2.05) is 0 Å². The highest BCUT2D eigenvalue weighted by Gasteiger charge is 2.35. The lowest BCUT2D eigenvalue weighted by atomic mass is 10.1. The molecule has 33 heavy (non-hydrogen) atoms. The summed E-state index contributed by atoms with van der Waals surface area (Å²) in [6, 6.07) is 14.8. The molecule has 11 heteroatoms. The molecule has 2 amide bonds. The van der Waals surface area contributed by atoms with E-state index in [1.165, 1.54) is 24.3 Å². The number of anilines is 1. The Bertz CT molecular complexity index is 1350. The number of hydrogen-bond donors (Lipinski definition) is 2. The van der Waals surface area contributed by atoms with E-state index < -0.39 is 23.7 Å². The van der Waals surface area contributed by atoms with Crippen molar-refractivity contribution in [2.75, 3.05) is 5.32 Å². The van der Waals surface area contributed by atoms with E-state index in [2.05, 4.69) is 10.4 Å². The Hall–Kier alpha value is -3.63. The van der Waals surface area contributed by atoms with Gasteiger partial charge >= 0.3 is 6.18 Å². The molecule has 0 aliphatic heterocycles. The number of amides is 2. The largest absolute Gasteiger partial charge is 0.435 e. The highest BCUT2D eigenvalue weighted by atomic mass is 35.5. The van der Waals surface area contributed by atoms with Crippen molar-refractivity contribution in [2.24, 2.45) is 5.73 Å². The zero-order valence-corrected chi connectivity index (χ0v) is 18.1. The number of primary amides is 1. The number of carbonyl (C=O) groups excluding carboxylic acids is 2. The van der Waals surface area contributed by atoms with Crippen LogP contribution in [-0.2, 0) is 6.18 Å². The van der Waals surface area contributed by atoms with Crippen molar-refractivity contribution in [2.45, 2.75) is 6.18 Å². The Balaban J connectivity index is 1.68. The van der Waals surface area contributed by atoms with Gasteiger partial charge in [0, 0.05) is 11.1 Å². The summed E-state index contributed by atoms with van der Waals surface area (Å²) in [7, 11) is 0. The third kappa shape index (κ3) is 4.62. The van der Waals surface area contributed by atoms with Crippen LogP contribution in [-0.4, -0.2) is 21.6 Å². The lowest BCUT2D eigenvalue weighted by Gasteiger charge is -2.10. The topological polar surface area (TPSA) is 90.0 Å². The highest BCUT2D eigenvalue weighted by Crippen LogP contribution is 2.34. The molecule has 2 aromatic heterocycles. The van der Waals surface area contributed by atoms with Gasteiger partial charge in [-0.25, -0.2) is 4.68 Å². The lowest BCUT2D eigenvalue weighted by Crippen LogP contribution is -2.16. The molecule has 0 spiro atoms. The molecule has 2 aromatic carbocycles. The van der Waals surface area contributed by atoms with Gasteiger partial charge in [0.25, 0.3) is 11.8 Å². The second-order valence-corrected chi connectivity index (χ2v) is 8.16. The molecule has 6 nitrogen and oxygen atoms in total. The number of alkyl halides is 3. The molecular formula is C22H14ClF3N4O2S. The Morgan fingerprint density at radius 3 is 2.39 bits per heavy atom. The van der Waals surface area contributed by atoms with E-state index in [0.717, 1.165) is 22.1 Å². The number of nitrogens with one attached hydrogen (secondary N) is 1. The predicted molar refractivity (Wildman–Crippen MR) is 120 cm³/mol. The molecule has 3 N–H and O–H groups in total. The van der Waals surface area contributed by atoms with Crippen molar-refractivity contribution in [3.05, 3.63) is 87.2 Å². The first kappa shape index (κ1) is 22.6. The number of thiophene rings is 1. The summed E-state index contributed by atoms with van der Waals surface area (Å²) in [5.41, 5.74) is 5.55. The zero-order chi connectivity index (χ0) is 23.8. The molecule has 4 rings (SSSR count). The third-order valence-electron chi connectivity index (χ3n) is 4.66. The van der Waals surface area contributed by atoms with Crippen LogP contribution in [0.15, 0.2) is 66.0 Å². The van der Waals surface area contributed by atoms with Crippen LogP contribution in [0, 0.1) is 0 Å². The van der Waals surface area contributed by atoms with Crippen LogP contribution in [0.1, 0.15) is 25.7 Å². The van der Waals surface area contributed by atoms with Gasteiger partial charge in [-0.15, -0.1) is 11.3 Å². The number of hydrogen-bond acceptors (Lipinski definition) is 4. The number of nitrogens with two attached hydrogens (primary N) is 1. The number of nitrogens with zero attached hydrogens (tertiary/aromatic N) is 2. The summed E-state index contributed by atoms with van der Waals surface area (Å²) in [6.07, 6.45) is -4.65. The molecule has 168 valence electrons. The molecule has 0 radical (unpaired) electrons. The number of carbonyl (C=O) groups is 2. The molecule has 0 aliphatic carbocycles. The molecule has 2 heterocycles. The molecule has 0 saturated heterocycles. The van der Waals surface area contributed by atoms with Crippen molar-refractivity contribution in [1.29, 1.82) is 0 Å². The van der Waals surface area contributed by atoms with E-state index in [0.29, 0.717) is 5.56 Å². The van der Waals surface area contributed by atoms with Crippen LogP contribution in [0.4, 0.5) is 18.9 Å². The molecule has 0 fully saturated rings. The van der Waals surface area contributed by atoms with Gasteiger partial charge in [0.05, 0.1) is 22.1 Å². The molecule has 0 bridgehead atoms. The maximum atomic E-state index is 13.4. The average Bonchev–Trinajstić information content (AvgIpc) is 3.41. The first-order valence-electron chi connectivity index (χ1n) is 9.36. The smallest absolute Gasteiger partial charge is 0.365 e. The Kier molecular flexibility index (Phi) is 5.96. The number of benzene rings is 2. The summed E-state index contributed by atoms with van der Waals surface area (Å²) in [5.74, 6) is -1.16. The monoisotopic (exact) mass is 490 g/mol. The Labute approximate surface area is 194 Å². The highest BCUT2D eigenvalue weighted by molar-refractivity contribution is 7.12. The fourth-order valence-corrected chi connectivity index (χ4v) is 4.04. The maximum absolute atomic E-state index is 13.4. The normalized spacial score (nSPS) is 11.4. The Morgan fingerprint density at radius 1 is 1.06 bits per heavy atom. The van der Waals surface area contributed by atoms with Crippen molar-refractivity contribution in [3.63, 3.8) is 0 Å². The molecular weight excluding hydrogens is 477 g/mol. The van der Waals surface area contributed by atoms with E-state index in [-0.39, 0.29) is 32.5 Å². The van der Waals surface area contributed by atoms with Crippen LogP contribution in [0.5, 0.6) is 0 Å². The first-order chi connectivity index (χ1) is 15.6. The zero-order valence-electron chi connectivity index (χ0n) is 16.6. The van der Waals surface area contributed by atoms with Crippen molar-refractivity contribution in [1.82, 2.24) is 9.78 Å². The SMILES string of the molecule is NC(=O)c1sccc1NC(=O)c1ccc(-c2cc(C(F)(F)F)nn2-c2ccccc2Cl)cc1. The van der Waals surface area contributed by atoms with Crippen LogP contribution in [0.2, 0.25) is 5.02 Å². The quantitative estimate of drug-likeness (QED) is 0.380. The summed E-state index contributed by atoms with van der Waals surface area (Å²) in [5, 5.41) is 8.16. The molecule has 0 atom stereocenters. The predicted octanol–water partition coefficient (Wildman–Crippen LogP) is 5.62. The van der Waals surface area contributed by atoms with E-state index in [1.54, 1.807) is 35.7 Å². The van der Waals surface area contributed by atoms with Gasteiger partial charge in [0.1, 0.15) is 4.88 Å². The van der Waals surface area contributed by atoms with Gasteiger partial charge in [0.2, 0.25) is 0 Å². The van der Waals surface area contributed by atoms with Gasteiger partial charge in [0.15, 0.2) is 5.69 Å². The van der Waals surface area contributed by atoms with E-state index in [9.17, 15) is 22.8 Å². The van der Waals surface area contributed by atoms with E-state index >= 15 is 0 Å². The average molecular weight is 491 g/mol. The fourth-order valence-electron chi connectivity index (χ4n) is 3.12. The minimum absolute atomic E-state index is 0.149. The number of halogens is 4. The lowest BCUT2D eigenvalue weighted by molar-refractivity contribution is -0.141. The maximum Gasteiger partial charge on any atom is 0.435 e. The van der Waals surface area contributed by atoms with Crippen molar-refractivity contribution in [3.8, 4) is 16.9 Å². The second-order valence-electron chi connectivity index (χ2n) is 6.83. The van der Waals surface area contributed by atoms with Gasteiger partial charge in [-0.3, -0.25) is 9.59 Å². The van der Waals surface area contributed by atoms with Crippen LogP contribution in [0.25, 0.3) is 16.9 Å². The molecule has 4 aromatic rings. The van der Waals surface area contributed by atoms with Crippen molar-refractivity contribution >= 4 is 40.4 Å². The van der Waals surface area contributed by atoms with Crippen LogP contribution in [0.3, 0.4) is 0 Å². The van der Waals surface area contributed by atoms with Gasteiger partial charge in [-0.1, -0.05) is 35.9 Å². The molecule has 0 aliphatic rings. The second kappa shape index (κ2) is 8.72. The Morgan fingerprint density at radius 2 is 1.76 bits per heavy atom. The number of aromatic nitrogens is 2. The van der Waals surface area contributed by atoms with E-state index in [4.69, 9.17) is 17.3 Å². The minimum atomic E-state index is -4.65. The number of rotatable bonds is 5. The van der Waals surface area contributed by atoms with Gasteiger partial charge in [-0.2, -0.15) is 18.3 Å². The number of para-hydroxylation sites is 1. The van der Waals surface area contributed by atoms with Gasteiger partial charge < -0.3 is 11.1 Å². The standard InChI is InChI=1S/C22H14ClF3N4O2S/c23-14-3-1-2-4-16(14)30-17(11-18(29-30)22(24,25)26)12-5-7-13(8-6-12)21(32)28-15-9-10-33-19(15)20(27)31/h1-11H,(H2,27,31)(H,28,32). The van der Waals surface area contributed by atoms with Crippen LogP contribution >= 0.6 is 22.9 Å².